The molecule has 1 saturated heterocycles. The third-order valence-electron chi connectivity index (χ3n) is 4.54. The van der Waals surface area contributed by atoms with Crippen LogP contribution in [0.1, 0.15) is 5.56 Å². The monoisotopic (exact) mass is 423 g/mol. The molecule has 0 spiro atoms. The number of aromatic nitrogens is 1. The molecule has 0 saturated carbocycles. The molecule has 29 heavy (non-hydrogen) atoms. The minimum atomic E-state index is -3.56. The molecule has 1 aromatic carbocycles. The molecule has 3 rings (SSSR count). The Kier molecular flexibility index (Phi) is 6.78. The molecule has 1 fully saturated rings. The van der Waals surface area contributed by atoms with Crippen LogP contribution in [0.5, 0.6) is 17.2 Å². The summed E-state index contributed by atoms with van der Waals surface area (Å²) in [6.45, 7) is 1.95. The molecule has 0 atom stereocenters. The van der Waals surface area contributed by atoms with E-state index in [0.717, 1.165) is 5.56 Å². The zero-order valence-corrected chi connectivity index (χ0v) is 17.5. The lowest BCUT2D eigenvalue weighted by Gasteiger charge is -2.25. The Morgan fingerprint density at radius 3 is 2.24 bits per heavy atom. The average Bonchev–Trinajstić information content (AvgIpc) is 2.77. The Morgan fingerprint density at radius 1 is 1.07 bits per heavy atom. The van der Waals surface area contributed by atoms with Gasteiger partial charge in [0.05, 0.1) is 34.5 Å². The predicted octanol–water partition coefficient (Wildman–Crippen LogP) is 1.74. The Morgan fingerprint density at radius 2 is 1.72 bits per heavy atom. The standard InChI is InChI=1S/C19H25N3O6S/c1-25-16-10-14(11-17(26-2)19(16)27-3)12-20-18-5-4-15(13-21-18)29(23,24)22-6-8-28-9-7-22/h4-5,10-11,13H,6-9,12H2,1-3H3,(H,20,21). The van der Waals surface area contributed by atoms with E-state index < -0.39 is 10.0 Å². The van der Waals surface area contributed by atoms with Crippen LogP contribution in [0.3, 0.4) is 0 Å². The number of hydrogen-bond acceptors (Lipinski definition) is 8. The maximum atomic E-state index is 12.6. The quantitative estimate of drug-likeness (QED) is 0.686. The van der Waals surface area contributed by atoms with E-state index >= 15 is 0 Å². The maximum absolute atomic E-state index is 12.6. The molecule has 1 aliphatic heterocycles. The number of anilines is 1. The van der Waals surface area contributed by atoms with Gasteiger partial charge in [-0.2, -0.15) is 4.31 Å². The summed E-state index contributed by atoms with van der Waals surface area (Å²) in [4.78, 5) is 4.40. The molecule has 10 heteroatoms. The summed E-state index contributed by atoms with van der Waals surface area (Å²) in [7, 11) is 1.11. The molecule has 0 amide bonds. The Balaban J connectivity index is 1.70. The van der Waals surface area contributed by atoms with Gasteiger partial charge >= 0.3 is 0 Å². The van der Waals surface area contributed by atoms with Crippen LogP contribution in [0.15, 0.2) is 35.4 Å². The largest absolute Gasteiger partial charge is 0.493 e. The number of morpholine rings is 1. The topological polar surface area (TPSA) is 99.2 Å². The van der Waals surface area contributed by atoms with Crippen molar-refractivity contribution in [1.29, 1.82) is 0 Å². The lowest BCUT2D eigenvalue weighted by atomic mass is 10.1. The molecule has 1 aromatic heterocycles. The molecular weight excluding hydrogens is 398 g/mol. The molecule has 158 valence electrons. The normalized spacial score (nSPS) is 15.0. The Bertz CT molecular complexity index is 902. The average molecular weight is 423 g/mol. The van der Waals surface area contributed by atoms with Crippen molar-refractivity contribution in [2.45, 2.75) is 11.4 Å². The fraction of sp³-hybridized carbons (Fsp3) is 0.421. The van der Waals surface area contributed by atoms with Gasteiger partial charge in [0.2, 0.25) is 15.8 Å². The lowest BCUT2D eigenvalue weighted by molar-refractivity contribution is 0.0730. The number of sulfonamides is 1. The van der Waals surface area contributed by atoms with E-state index in [9.17, 15) is 8.42 Å². The molecular formula is C19H25N3O6S. The fourth-order valence-electron chi connectivity index (χ4n) is 3.00. The molecule has 0 aliphatic carbocycles. The number of nitrogens with one attached hydrogen (secondary N) is 1. The second-order valence-corrected chi connectivity index (χ2v) is 8.22. The minimum Gasteiger partial charge on any atom is -0.493 e. The number of pyridine rings is 1. The third kappa shape index (κ3) is 4.72. The zero-order chi connectivity index (χ0) is 20.9. The number of rotatable bonds is 8. The SMILES string of the molecule is COc1cc(CNc2ccc(S(=O)(=O)N3CCOCC3)cn2)cc(OC)c1OC. The molecule has 0 radical (unpaired) electrons. The van der Waals surface area contributed by atoms with Gasteiger partial charge in [-0.1, -0.05) is 0 Å². The summed E-state index contributed by atoms with van der Waals surface area (Å²) in [6.07, 6.45) is 1.36. The van der Waals surface area contributed by atoms with Gasteiger partial charge in [0.15, 0.2) is 11.5 Å². The van der Waals surface area contributed by atoms with Crippen LogP contribution in [0.25, 0.3) is 0 Å². The molecule has 2 aromatic rings. The van der Waals surface area contributed by atoms with E-state index in [1.165, 1.54) is 10.5 Å². The van der Waals surface area contributed by atoms with Crippen molar-refractivity contribution in [2.24, 2.45) is 0 Å². The Labute approximate surface area is 170 Å². The third-order valence-corrected chi connectivity index (χ3v) is 6.42. The van der Waals surface area contributed by atoms with Gasteiger partial charge in [-0.15, -0.1) is 0 Å². The van der Waals surface area contributed by atoms with E-state index in [1.54, 1.807) is 33.5 Å². The number of ether oxygens (including phenoxy) is 4. The highest BCUT2D eigenvalue weighted by Crippen LogP contribution is 2.38. The summed E-state index contributed by atoms with van der Waals surface area (Å²) in [5.41, 5.74) is 0.895. The molecule has 0 bridgehead atoms. The number of benzene rings is 1. The van der Waals surface area contributed by atoms with Gasteiger partial charge in [-0.25, -0.2) is 13.4 Å². The highest BCUT2D eigenvalue weighted by molar-refractivity contribution is 7.89. The molecule has 2 heterocycles. The fourth-order valence-corrected chi connectivity index (χ4v) is 4.36. The van der Waals surface area contributed by atoms with Crippen molar-refractivity contribution >= 4 is 15.8 Å². The van der Waals surface area contributed by atoms with Gasteiger partial charge in [0.1, 0.15) is 10.7 Å². The first-order valence-electron chi connectivity index (χ1n) is 9.06. The van der Waals surface area contributed by atoms with E-state index in [-0.39, 0.29) is 4.90 Å². The lowest BCUT2D eigenvalue weighted by Crippen LogP contribution is -2.40. The predicted molar refractivity (Wildman–Crippen MR) is 107 cm³/mol. The van der Waals surface area contributed by atoms with Crippen LogP contribution < -0.4 is 19.5 Å². The number of nitrogens with zero attached hydrogens (tertiary/aromatic N) is 2. The van der Waals surface area contributed by atoms with Crippen LogP contribution in [0, 0.1) is 0 Å². The van der Waals surface area contributed by atoms with E-state index in [4.69, 9.17) is 18.9 Å². The van der Waals surface area contributed by atoms with Crippen LogP contribution in [0.4, 0.5) is 5.82 Å². The Hall–Kier alpha value is -2.56. The van der Waals surface area contributed by atoms with Crippen molar-refractivity contribution in [1.82, 2.24) is 9.29 Å². The zero-order valence-electron chi connectivity index (χ0n) is 16.7. The van der Waals surface area contributed by atoms with Crippen molar-refractivity contribution in [2.75, 3.05) is 52.9 Å². The van der Waals surface area contributed by atoms with Crippen molar-refractivity contribution in [3.05, 3.63) is 36.0 Å². The first-order chi connectivity index (χ1) is 14.0. The number of methoxy groups -OCH3 is 3. The first kappa shape index (κ1) is 21.2. The second kappa shape index (κ2) is 9.29. The summed E-state index contributed by atoms with van der Waals surface area (Å²) < 4.78 is 48.0. The van der Waals surface area contributed by atoms with Crippen LogP contribution in [0.2, 0.25) is 0 Å². The van der Waals surface area contributed by atoms with Gasteiger partial charge in [-0.3, -0.25) is 0 Å². The van der Waals surface area contributed by atoms with E-state index in [2.05, 4.69) is 10.3 Å². The molecule has 0 unspecified atom stereocenters. The number of hydrogen-bond donors (Lipinski definition) is 1. The highest BCUT2D eigenvalue weighted by Gasteiger charge is 2.26. The van der Waals surface area contributed by atoms with E-state index in [0.29, 0.717) is 55.9 Å². The second-order valence-electron chi connectivity index (χ2n) is 6.28. The smallest absolute Gasteiger partial charge is 0.244 e. The van der Waals surface area contributed by atoms with Crippen LogP contribution in [-0.2, 0) is 21.3 Å². The van der Waals surface area contributed by atoms with Gasteiger partial charge < -0.3 is 24.3 Å². The highest BCUT2D eigenvalue weighted by atomic mass is 32.2. The van der Waals surface area contributed by atoms with Gasteiger partial charge in [0.25, 0.3) is 0 Å². The van der Waals surface area contributed by atoms with Gasteiger partial charge in [0, 0.05) is 25.8 Å². The van der Waals surface area contributed by atoms with Crippen molar-refractivity contribution in [3.63, 3.8) is 0 Å². The molecule has 1 N–H and O–H groups in total. The summed E-state index contributed by atoms with van der Waals surface area (Å²) >= 11 is 0. The maximum Gasteiger partial charge on any atom is 0.244 e. The molecule has 1 aliphatic rings. The van der Waals surface area contributed by atoms with Crippen molar-refractivity contribution < 1.29 is 27.4 Å². The summed E-state index contributed by atoms with van der Waals surface area (Å²) in [5, 5.41) is 3.17. The molecule has 9 nitrogen and oxygen atoms in total. The summed E-state index contributed by atoms with van der Waals surface area (Å²) in [5.74, 6) is 2.20. The van der Waals surface area contributed by atoms with Crippen molar-refractivity contribution in [3.8, 4) is 17.2 Å². The van der Waals surface area contributed by atoms with E-state index in [1.807, 2.05) is 12.1 Å². The van der Waals surface area contributed by atoms with Gasteiger partial charge in [-0.05, 0) is 29.8 Å². The van der Waals surface area contributed by atoms with Crippen LogP contribution in [-0.4, -0.2) is 65.3 Å². The first-order valence-corrected chi connectivity index (χ1v) is 10.5. The summed E-state index contributed by atoms with van der Waals surface area (Å²) in [6, 6.07) is 6.87. The minimum absolute atomic E-state index is 0.165. The van der Waals surface area contributed by atoms with Crippen LogP contribution >= 0.6 is 0 Å².